The largest absolute Gasteiger partial charge is 0.497 e. The lowest BCUT2D eigenvalue weighted by molar-refractivity contribution is -0.445. The number of ether oxygens (including phenoxy) is 2. The molecule has 0 aliphatic heterocycles. The first kappa shape index (κ1) is 20.6. The molecule has 0 fully saturated rings. The van der Waals surface area contributed by atoms with Crippen LogP contribution in [0.15, 0.2) is 72.8 Å². The Bertz CT molecular complexity index is 913. The molecule has 0 aromatic heterocycles. The number of benzene rings is 3. The number of rotatable bonds is 5. The van der Waals surface area contributed by atoms with Gasteiger partial charge in [-0.2, -0.15) is 0 Å². The van der Waals surface area contributed by atoms with Gasteiger partial charge in [-0.25, -0.2) is 0 Å². The maximum atomic E-state index is 12.4. The van der Waals surface area contributed by atoms with Gasteiger partial charge in [0.1, 0.15) is 17.2 Å². The van der Waals surface area contributed by atoms with Gasteiger partial charge in [0.05, 0.1) is 7.11 Å². The van der Waals surface area contributed by atoms with Crippen molar-refractivity contribution in [3.63, 3.8) is 0 Å². The fourth-order valence-corrected chi connectivity index (χ4v) is 2.33. The van der Waals surface area contributed by atoms with E-state index in [1.165, 1.54) is 0 Å². The Morgan fingerprint density at radius 2 is 1.14 bits per heavy atom. The van der Waals surface area contributed by atoms with Crippen LogP contribution in [-0.4, -0.2) is 24.9 Å². The van der Waals surface area contributed by atoms with Crippen molar-refractivity contribution >= 4 is 5.78 Å². The number of carbonyl (C=O) groups is 1. The molecule has 0 aliphatic carbocycles. The Labute approximate surface area is 163 Å². The summed E-state index contributed by atoms with van der Waals surface area (Å²) in [6, 6.07) is 22.1. The number of nitro groups is 1. The van der Waals surface area contributed by atoms with Crippen LogP contribution >= 0.6 is 0 Å². The fraction of sp³-hybridized carbons (Fsp3) is 0.136. The van der Waals surface area contributed by atoms with Crippen LogP contribution in [0.2, 0.25) is 0 Å². The van der Waals surface area contributed by atoms with Gasteiger partial charge in [0, 0.05) is 16.1 Å². The van der Waals surface area contributed by atoms with Crippen molar-refractivity contribution in [2.24, 2.45) is 0 Å². The molecule has 0 saturated carbocycles. The maximum absolute atomic E-state index is 12.4. The van der Waals surface area contributed by atoms with Gasteiger partial charge >= 0.3 is 0 Å². The highest BCUT2D eigenvalue weighted by Gasteiger charge is 2.09. The highest BCUT2D eigenvalue weighted by atomic mass is 16.6. The van der Waals surface area contributed by atoms with E-state index in [4.69, 9.17) is 19.6 Å². The predicted molar refractivity (Wildman–Crippen MR) is 107 cm³/mol. The van der Waals surface area contributed by atoms with Gasteiger partial charge in [0.15, 0.2) is 12.8 Å². The Morgan fingerprint density at radius 1 is 0.786 bits per heavy atom. The lowest BCUT2D eigenvalue weighted by Crippen LogP contribution is -2.00. The van der Waals surface area contributed by atoms with E-state index in [2.05, 4.69) is 0 Å². The third kappa shape index (κ3) is 6.25. The number of carbonyl (C=O) groups excluding carboxylic acids is 1. The van der Waals surface area contributed by atoms with Crippen LogP contribution in [0.4, 0.5) is 0 Å². The van der Waals surface area contributed by atoms with Crippen LogP contribution in [0.5, 0.6) is 17.2 Å². The Morgan fingerprint density at radius 3 is 1.57 bits per heavy atom. The highest BCUT2D eigenvalue weighted by molar-refractivity contribution is 6.09. The van der Waals surface area contributed by atoms with E-state index < -0.39 is 4.92 Å². The number of hydrogen-bond donors (Lipinski definition) is 0. The van der Waals surface area contributed by atoms with Crippen LogP contribution in [0.25, 0.3) is 0 Å². The summed E-state index contributed by atoms with van der Waals surface area (Å²) in [6.07, 6.45) is 0. The fourth-order valence-electron chi connectivity index (χ4n) is 2.33. The van der Waals surface area contributed by atoms with E-state index in [1.54, 1.807) is 31.4 Å². The van der Waals surface area contributed by atoms with Crippen molar-refractivity contribution in [3.05, 3.63) is 99.6 Å². The maximum Gasteiger partial charge on any atom is 0.194 e. The average molecular weight is 379 g/mol. The van der Waals surface area contributed by atoms with Crippen molar-refractivity contribution in [3.8, 4) is 17.2 Å². The molecule has 0 amide bonds. The molecule has 6 heteroatoms. The second-order valence-corrected chi connectivity index (χ2v) is 5.94. The molecule has 144 valence electrons. The van der Waals surface area contributed by atoms with Gasteiger partial charge in [0.2, 0.25) is 0 Å². The summed E-state index contributed by atoms with van der Waals surface area (Å²) in [5.41, 5.74) is 2.46. The molecule has 0 N–H and O–H groups in total. The first-order chi connectivity index (χ1) is 13.4. The van der Waals surface area contributed by atoms with Crippen molar-refractivity contribution in [1.29, 1.82) is 0 Å². The third-order valence-electron chi connectivity index (χ3n) is 3.73. The zero-order valence-electron chi connectivity index (χ0n) is 15.9. The van der Waals surface area contributed by atoms with Gasteiger partial charge in [0.25, 0.3) is 0 Å². The van der Waals surface area contributed by atoms with Crippen LogP contribution < -0.4 is 9.47 Å². The molecule has 0 radical (unpaired) electrons. The Kier molecular flexibility index (Phi) is 7.28. The van der Waals surface area contributed by atoms with Crippen LogP contribution in [0.3, 0.4) is 0 Å². The second-order valence-electron chi connectivity index (χ2n) is 5.94. The van der Waals surface area contributed by atoms with Crippen LogP contribution in [0, 0.1) is 17.0 Å². The van der Waals surface area contributed by atoms with E-state index >= 15 is 0 Å². The molecule has 6 nitrogen and oxygen atoms in total. The quantitative estimate of drug-likeness (QED) is 0.357. The summed E-state index contributed by atoms with van der Waals surface area (Å²) in [5.74, 6) is 2.18. The molecular formula is C22H21NO5. The monoisotopic (exact) mass is 379 g/mol. The molecule has 0 unspecified atom stereocenters. The smallest absolute Gasteiger partial charge is 0.194 e. The molecule has 28 heavy (non-hydrogen) atoms. The zero-order chi connectivity index (χ0) is 20.5. The van der Waals surface area contributed by atoms with E-state index in [0.717, 1.165) is 18.4 Å². The van der Waals surface area contributed by atoms with Gasteiger partial charge in [-0.1, -0.05) is 29.8 Å². The third-order valence-corrected chi connectivity index (χ3v) is 3.73. The van der Waals surface area contributed by atoms with Crippen molar-refractivity contribution in [2.45, 2.75) is 6.92 Å². The van der Waals surface area contributed by atoms with E-state index in [1.807, 2.05) is 55.5 Å². The SMILES string of the molecule is COc1ccc(Oc2ccc(C(=O)c3ccc(C)cc3)cc2)cc1.C[N+](=O)[O-]. The Hall–Kier alpha value is -3.67. The summed E-state index contributed by atoms with van der Waals surface area (Å²) in [6.45, 7) is 2.00. The molecule has 0 heterocycles. The van der Waals surface area contributed by atoms with Crippen molar-refractivity contribution in [2.75, 3.05) is 14.2 Å². The van der Waals surface area contributed by atoms with Crippen LogP contribution in [0.1, 0.15) is 21.5 Å². The van der Waals surface area contributed by atoms with E-state index in [0.29, 0.717) is 22.6 Å². The topological polar surface area (TPSA) is 78.7 Å². The van der Waals surface area contributed by atoms with Gasteiger partial charge < -0.3 is 9.47 Å². The summed E-state index contributed by atoms with van der Waals surface area (Å²) >= 11 is 0. The summed E-state index contributed by atoms with van der Waals surface area (Å²) in [5, 5.41) is 8.81. The van der Waals surface area contributed by atoms with E-state index in [9.17, 15) is 4.79 Å². The molecule has 3 rings (SSSR count). The molecule has 0 atom stereocenters. The average Bonchev–Trinajstić information content (AvgIpc) is 2.69. The lowest BCUT2D eigenvalue weighted by Gasteiger charge is -2.07. The lowest BCUT2D eigenvalue weighted by atomic mass is 10.0. The van der Waals surface area contributed by atoms with Gasteiger partial charge in [-0.15, -0.1) is 0 Å². The van der Waals surface area contributed by atoms with Gasteiger partial charge in [-0.3, -0.25) is 14.9 Å². The second kappa shape index (κ2) is 9.87. The molecule has 0 bridgehead atoms. The number of hydrogen-bond acceptors (Lipinski definition) is 5. The minimum Gasteiger partial charge on any atom is -0.497 e. The molecule has 0 spiro atoms. The molecular weight excluding hydrogens is 358 g/mol. The molecule has 0 aliphatic rings. The first-order valence-corrected chi connectivity index (χ1v) is 8.50. The van der Waals surface area contributed by atoms with Gasteiger partial charge in [-0.05, 0) is 55.5 Å². The predicted octanol–water partition coefficient (Wildman–Crippen LogP) is 4.92. The van der Waals surface area contributed by atoms with Crippen molar-refractivity contribution in [1.82, 2.24) is 0 Å². The number of methoxy groups -OCH3 is 1. The van der Waals surface area contributed by atoms with Crippen LogP contribution in [-0.2, 0) is 0 Å². The van der Waals surface area contributed by atoms with E-state index in [-0.39, 0.29) is 5.78 Å². The summed E-state index contributed by atoms with van der Waals surface area (Å²) < 4.78 is 10.9. The number of nitrogens with zero attached hydrogens (tertiary/aromatic N) is 1. The molecule has 0 saturated heterocycles. The highest BCUT2D eigenvalue weighted by Crippen LogP contribution is 2.24. The number of ketones is 1. The zero-order valence-corrected chi connectivity index (χ0v) is 15.9. The minimum absolute atomic E-state index is 0.00555. The normalized spacial score (nSPS) is 9.68. The molecule has 3 aromatic rings. The van der Waals surface area contributed by atoms with Crippen molar-refractivity contribution < 1.29 is 19.2 Å². The first-order valence-electron chi connectivity index (χ1n) is 8.50. The standard InChI is InChI=1S/C21H18O3.CH3NO2/c1-15-3-5-16(6-4-15)21(22)17-7-9-19(10-8-17)24-20-13-11-18(23-2)12-14-20;1-2(3)4/h3-14H,1-2H3;1H3. The minimum atomic E-state index is -0.500. The summed E-state index contributed by atoms with van der Waals surface area (Å²) in [7, 11) is 2.51. The Balaban J connectivity index is 0.000000640. The molecule has 3 aromatic carbocycles. The summed E-state index contributed by atoms with van der Waals surface area (Å²) in [4.78, 5) is 20.7. The number of aryl methyl sites for hydroxylation is 1.